The number of imide groups is 1. The van der Waals surface area contributed by atoms with E-state index in [-0.39, 0.29) is 40.8 Å². The minimum absolute atomic E-state index is 0.0887. The van der Waals surface area contributed by atoms with E-state index in [4.69, 9.17) is 32.7 Å². The Kier molecular flexibility index (Phi) is 8.76. The highest BCUT2D eigenvalue weighted by Gasteiger charge is 2.34. The number of hydrogen-bond acceptors (Lipinski definition) is 6. The van der Waals surface area contributed by atoms with E-state index in [9.17, 15) is 14.4 Å². The Morgan fingerprint density at radius 1 is 0.973 bits per heavy atom. The van der Waals surface area contributed by atoms with Gasteiger partial charge in [-0.15, -0.1) is 0 Å². The third-order valence-corrected chi connectivity index (χ3v) is 6.71. The lowest BCUT2D eigenvalue weighted by molar-refractivity contribution is -0.123. The summed E-state index contributed by atoms with van der Waals surface area (Å²) in [7, 11) is 0. The monoisotopic (exact) mass is 556 g/mol. The molecule has 0 unspecified atom stereocenters. The van der Waals surface area contributed by atoms with E-state index in [0.29, 0.717) is 27.8 Å². The predicted octanol–water partition coefficient (Wildman–Crippen LogP) is 6.43. The van der Waals surface area contributed by atoms with Crippen LogP contribution in [0, 0.1) is 6.92 Å². The molecule has 10 heteroatoms. The molecule has 0 spiro atoms. The second-order valence-electron chi connectivity index (χ2n) is 8.01. The normalized spacial score (nSPS) is 14.2. The van der Waals surface area contributed by atoms with Crippen LogP contribution in [-0.2, 0) is 9.59 Å². The van der Waals surface area contributed by atoms with Crippen LogP contribution < -0.4 is 14.8 Å². The molecular formula is C27H22Cl2N2O5S. The zero-order valence-electron chi connectivity index (χ0n) is 19.7. The third-order valence-electron chi connectivity index (χ3n) is 5.20. The van der Waals surface area contributed by atoms with Crippen LogP contribution in [0.15, 0.2) is 71.6 Å². The Labute approximate surface area is 228 Å². The predicted molar refractivity (Wildman–Crippen MR) is 146 cm³/mol. The van der Waals surface area contributed by atoms with Gasteiger partial charge in [-0.2, -0.15) is 0 Å². The molecule has 1 fully saturated rings. The van der Waals surface area contributed by atoms with Crippen LogP contribution in [0.2, 0.25) is 10.0 Å². The standard InChI is InChI=1S/C27H22Cl2N2O5S/c1-17-5-4-6-19(13-17)30-25(32)16-36-23-10-9-18(14-21(23)29)15-24-26(33)31(27(34)37-24)11-12-35-22-8-3-2-7-20(22)28/h2-10,13-15H,11-12,16H2,1H3,(H,30,32)/b24-15-. The van der Waals surface area contributed by atoms with Crippen LogP contribution in [0.4, 0.5) is 10.5 Å². The number of amides is 3. The molecule has 1 saturated heterocycles. The molecule has 3 aromatic carbocycles. The third kappa shape index (κ3) is 7.07. The van der Waals surface area contributed by atoms with Gasteiger partial charge >= 0.3 is 0 Å². The number of nitrogens with zero attached hydrogens (tertiary/aromatic N) is 1. The lowest BCUT2D eigenvalue weighted by atomic mass is 10.2. The minimum Gasteiger partial charge on any atom is -0.490 e. The quantitative estimate of drug-likeness (QED) is 0.305. The van der Waals surface area contributed by atoms with E-state index in [1.165, 1.54) is 0 Å². The number of nitrogens with one attached hydrogen (secondary N) is 1. The van der Waals surface area contributed by atoms with E-state index >= 15 is 0 Å². The maximum atomic E-state index is 12.8. The van der Waals surface area contributed by atoms with Gasteiger partial charge in [-0.25, -0.2) is 0 Å². The summed E-state index contributed by atoms with van der Waals surface area (Å²) in [5.41, 5.74) is 2.32. The van der Waals surface area contributed by atoms with Crippen molar-refractivity contribution in [1.82, 2.24) is 4.90 Å². The summed E-state index contributed by atoms with van der Waals surface area (Å²) in [6.07, 6.45) is 1.58. The van der Waals surface area contributed by atoms with Crippen molar-refractivity contribution in [3.8, 4) is 11.5 Å². The van der Waals surface area contributed by atoms with Gasteiger partial charge in [-0.1, -0.05) is 53.5 Å². The van der Waals surface area contributed by atoms with Gasteiger partial charge in [0.25, 0.3) is 17.1 Å². The summed E-state index contributed by atoms with van der Waals surface area (Å²) in [4.78, 5) is 38.7. The van der Waals surface area contributed by atoms with E-state index in [1.807, 2.05) is 25.1 Å². The van der Waals surface area contributed by atoms with Crippen molar-refractivity contribution < 1.29 is 23.9 Å². The SMILES string of the molecule is Cc1cccc(NC(=O)COc2ccc(/C=C3\SC(=O)N(CCOc4ccccc4Cl)C3=O)cc2Cl)c1. The number of rotatable bonds is 9. The molecule has 37 heavy (non-hydrogen) atoms. The van der Waals surface area contributed by atoms with Crippen molar-refractivity contribution in [2.45, 2.75) is 6.92 Å². The molecule has 3 aromatic rings. The van der Waals surface area contributed by atoms with Crippen LogP contribution in [0.25, 0.3) is 6.08 Å². The summed E-state index contributed by atoms with van der Waals surface area (Å²) >= 11 is 13.2. The molecule has 0 radical (unpaired) electrons. The molecule has 190 valence electrons. The second-order valence-corrected chi connectivity index (χ2v) is 9.82. The second kappa shape index (κ2) is 12.2. The molecule has 1 aliphatic rings. The number of hydrogen-bond donors (Lipinski definition) is 1. The first-order valence-corrected chi connectivity index (χ1v) is 12.8. The molecule has 0 bridgehead atoms. The maximum absolute atomic E-state index is 12.8. The first-order valence-electron chi connectivity index (χ1n) is 11.2. The molecule has 7 nitrogen and oxygen atoms in total. The molecule has 0 aromatic heterocycles. The van der Waals surface area contributed by atoms with Gasteiger partial charge in [-0.3, -0.25) is 19.3 Å². The molecule has 1 N–H and O–H groups in total. The van der Waals surface area contributed by atoms with Crippen molar-refractivity contribution in [3.05, 3.63) is 92.8 Å². The summed E-state index contributed by atoms with van der Waals surface area (Å²) in [6, 6.07) is 19.3. The van der Waals surface area contributed by atoms with Crippen molar-refractivity contribution in [1.29, 1.82) is 0 Å². The lowest BCUT2D eigenvalue weighted by Gasteiger charge is -2.13. The van der Waals surface area contributed by atoms with Crippen LogP contribution in [0.5, 0.6) is 11.5 Å². The zero-order valence-corrected chi connectivity index (χ0v) is 22.0. The Hall–Kier alpha value is -3.46. The number of halogens is 2. The van der Waals surface area contributed by atoms with Gasteiger partial charge in [-0.05, 0) is 72.3 Å². The van der Waals surface area contributed by atoms with Gasteiger partial charge in [0.1, 0.15) is 18.1 Å². The average molecular weight is 557 g/mol. The van der Waals surface area contributed by atoms with Crippen LogP contribution in [0.3, 0.4) is 0 Å². The van der Waals surface area contributed by atoms with Crippen LogP contribution in [0.1, 0.15) is 11.1 Å². The molecular weight excluding hydrogens is 535 g/mol. The summed E-state index contributed by atoms with van der Waals surface area (Å²) in [5.74, 6) is 0.0688. The number of para-hydroxylation sites is 1. The first-order chi connectivity index (χ1) is 17.8. The van der Waals surface area contributed by atoms with E-state index < -0.39 is 5.91 Å². The number of carbonyl (C=O) groups excluding carboxylic acids is 3. The Morgan fingerprint density at radius 2 is 1.76 bits per heavy atom. The summed E-state index contributed by atoms with van der Waals surface area (Å²) < 4.78 is 11.1. The average Bonchev–Trinajstić information content (AvgIpc) is 3.12. The van der Waals surface area contributed by atoms with E-state index in [0.717, 1.165) is 22.2 Å². The van der Waals surface area contributed by atoms with E-state index in [1.54, 1.807) is 54.6 Å². The number of thioether (sulfide) groups is 1. The summed E-state index contributed by atoms with van der Waals surface area (Å²) in [6.45, 7) is 1.92. The highest BCUT2D eigenvalue weighted by Crippen LogP contribution is 2.34. The van der Waals surface area contributed by atoms with Crippen LogP contribution >= 0.6 is 35.0 Å². The number of carbonyl (C=O) groups is 3. The summed E-state index contributed by atoms with van der Waals surface area (Å²) in [5, 5.41) is 3.10. The Balaban J connectivity index is 1.32. The van der Waals surface area contributed by atoms with Crippen molar-refractivity contribution >= 4 is 63.8 Å². The smallest absolute Gasteiger partial charge is 0.293 e. The van der Waals surface area contributed by atoms with Gasteiger partial charge in [0.05, 0.1) is 21.5 Å². The fourth-order valence-corrected chi connectivity index (χ4v) is 4.74. The number of ether oxygens (including phenoxy) is 2. The van der Waals surface area contributed by atoms with Gasteiger partial charge in [0.15, 0.2) is 6.61 Å². The minimum atomic E-state index is -0.415. The highest BCUT2D eigenvalue weighted by atomic mass is 35.5. The van der Waals surface area contributed by atoms with E-state index in [2.05, 4.69) is 5.32 Å². The fourth-order valence-electron chi connectivity index (χ4n) is 3.44. The highest BCUT2D eigenvalue weighted by molar-refractivity contribution is 8.18. The molecule has 1 aliphatic heterocycles. The largest absolute Gasteiger partial charge is 0.490 e. The van der Waals surface area contributed by atoms with Gasteiger partial charge in [0, 0.05) is 5.69 Å². The van der Waals surface area contributed by atoms with Crippen molar-refractivity contribution in [3.63, 3.8) is 0 Å². The number of aryl methyl sites for hydroxylation is 1. The molecule has 4 rings (SSSR count). The fraction of sp³-hybridized carbons (Fsp3) is 0.148. The molecule has 0 saturated carbocycles. The van der Waals surface area contributed by atoms with Gasteiger partial charge < -0.3 is 14.8 Å². The number of anilines is 1. The maximum Gasteiger partial charge on any atom is 0.293 e. The number of benzene rings is 3. The van der Waals surface area contributed by atoms with Crippen molar-refractivity contribution in [2.24, 2.45) is 0 Å². The van der Waals surface area contributed by atoms with Crippen LogP contribution in [-0.4, -0.2) is 41.7 Å². The van der Waals surface area contributed by atoms with Gasteiger partial charge in [0.2, 0.25) is 0 Å². The molecule has 3 amide bonds. The zero-order chi connectivity index (χ0) is 26.4. The molecule has 0 aliphatic carbocycles. The first kappa shape index (κ1) is 26.6. The Morgan fingerprint density at radius 3 is 2.51 bits per heavy atom. The lowest BCUT2D eigenvalue weighted by Crippen LogP contribution is -2.32. The molecule has 1 heterocycles. The topological polar surface area (TPSA) is 84.9 Å². The van der Waals surface area contributed by atoms with Crippen molar-refractivity contribution in [2.75, 3.05) is 25.1 Å². The Bertz CT molecular complexity index is 1380. The molecule has 0 atom stereocenters.